The number of nitrogens with zero attached hydrogens (tertiary/aromatic N) is 3. The summed E-state index contributed by atoms with van der Waals surface area (Å²) in [4.78, 5) is 32.2. The smallest absolute Gasteiger partial charge is 0.238 e. The van der Waals surface area contributed by atoms with Crippen molar-refractivity contribution in [2.45, 2.75) is 13.5 Å². The zero-order valence-corrected chi connectivity index (χ0v) is 16.9. The molecule has 2 amide bonds. The van der Waals surface area contributed by atoms with E-state index in [1.165, 1.54) is 30.4 Å². The highest BCUT2D eigenvalue weighted by Crippen LogP contribution is 2.28. The largest absolute Gasteiger partial charge is 0.325 e. The van der Waals surface area contributed by atoms with Crippen LogP contribution in [0.15, 0.2) is 60.0 Å². The maximum atomic E-state index is 13.2. The quantitative estimate of drug-likeness (QED) is 0.636. The van der Waals surface area contributed by atoms with Gasteiger partial charge in [-0.05, 0) is 37.4 Å². The summed E-state index contributed by atoms with van der Waals surface area (Å²) in [7, 11) is 1.80. The Hall–Kier alpha value is -3.10. The van der Waals surface area contributed by atoms with Crippen LogP contribution >= 0.6 is 11.3 Å². The number of rotatable bonds is 7. The number of halogens is 1. The molecule has 0 bridgehead atoms. The summed E-state index contributed by atoms with van der Waals surface area (Å²) in [5, 5.41) is 5.12. The number of benzene rings is 2. The van der Waals surface area contributed by atoms with E-state index in [4.69, 9.17) is 0 Å². The van der Waals surface area contributed by atoms with Crippen LogP contribution in [0.4, 0.5) is 20.9 Å². The molecule has 0 spiro atoms. The Morgan fingerprint density at radius 2 is 1.90 bits per heavy atom. The maximum Gasteiger partial charge on any atom is 0.238 e. The van der Waals surface area contributed by atoms with Gasteiger partial charge in [0.05, 0.1) is 17.9 Å². The number of para-hydroxylation sites is 1. The Bertz CT molecular complexity index is 993. The van der Waals surface area contributed by atoms with Crippen LogP contribution in [0, 0.1) is 5.82 Å². The lowest BCUT2D eigenvalue weighted by Gasteiger charge is -2.18. The number of nitrogens with one attached hydrogen (secondary N) is 1. The molecule has 29 heavy (non-hydrogen) atoms. The monoisotopic (exact) mass is 412 g/mol. The first-order chi connectivity index (χ1) is 13.9. The van der Waals surface area contributed by atoms with Crippen LogP contribution in [0.5, 0.6) is 0 Å². The molecule has 8 heteroatoms. The molecular weight excluding hydrogens is 391 g/mol. The van der Waals surface area contributed by atoms with Gasteiger partial charge in [0.1, 0.15) is 5.82 Å². The van der Waals surface area contributed by atoms with Crippen molar-refractivity contribution in [2.75, 3.05) is 23.8 Å². The number of carbonyl (C=O) groups is 2. The van der Waals surface area contributed by atoms with Crippen LogP contribution in [0.3, 0.4) is 0 Å². The minimum Gasteiger partial charge on any atom is -0.325 e. The topological polar surface area (TPSA) is 65.5 Å². The van der Waals surface area contributed by atoms with Gasteiger partial charge < -0.3 is 5.32 Å². The molecule has 1 heterocycles. The van der Waals surface area contributed by atoms with Crippen molar-refractivity contribution in [3.05, 3.63) is 71.5 Å². The number of amides is 2. The molecule has 0 radical (unpaired) electrons. The van der Waals surface area contributed by atoms with E-state index in [1.54, 1.807) is 29.0 Å². The lowest BCUT2D eigenvalue weighted by Crippen LogP contribution is -2.30. The minimum atomic E-state index is -0.403. The molecule has 1 aromatic heterocycles. The van der Waals surface area contributed by atoms with E-state index >= 15 is 0 Å². The van der Waals surface area contributed by atoms with Gasteiger partial charge in [-0.1, -0.05) is 24.3 Å². The fourth-order valence-electron chi connectivity index (χ4n) is 2.82. The highest BCUT2D eigenvalue weighted by molar-refractivity contribution is 7.14. The second-order valence-electron chi connectivity index (χ2n) is 6.54. The molecule has 3 aromatic rings. The molecule has 0 unspecified atom stereocenters. The third-order valence-electron chi connectivity index (χ3n) is 4.01. The van der Waals surface area contributed by atoms with Crippen molar-refractivity contribution in [3.63, 3.8) is 0 Å². The Morgan fingerprint density at radius 1 is 1.14 bits per heavy atom. The number of anilines is 3. The van der Waals surface area contributed by atoms with Crippen molar-refractivity contribution in [1.82, 2.24) is 9.88 Å². The van der Waals surface area contributed by atoms with E-state index in [2.05, 4.69) is 10.3 Å². The Balaban J connectivity index is 1.61. The van der Waals surface area contributed by atoms with Gasteiger partial charge in [-0.3, -0.25) is 19.4 Å². The second kappa shape index (κ2) is 9.40. The summed E-state index contributed by atoms with van der Waals surface area (Å²) >= 11 is 1.37. The highest BCUT2D eigenvalue weighted by atomic mass is 32.1. The molecule has 6 nitrogen and oxygen atoms in total. The van der Waals surface area contributed by atoms with Crippen LogP contribution < -0.4 is 10.2 Å². The fraction of sp³-hybridized carbons (Fsp3) is 0.190. The van der Waals surface area contributed by atoms with Crippen molar-refractivity contribution < 1.29 is 14.0 Å². The average molecular weight is 412 g/mol. The summed E-state index contributed by atoms with van der Waals surface area (Å²) in [6.07, 6.45) is 0. The molecule has 0 saturated heterocycles. The van der Waals surface area contributed by atoms with Gasteiger partial charge in [-0.25, -0.2) is 9.37 Å². The summed E-state index contributed by atoms with van der Waals surface area (Å²) in [5.41, 5.74) is 1.93. The first-order valence-corrected chi connectivity index (χ1v) is 9.84. The van der Waals surface area contributed by atoms with Crippen LogP contribution in [0.2, 0.25) is 0 Å². The molecular formula is C21H21FN4O2S. The highest BCUT2D eigenvalue weighted by Gasteiger charge is 2.18. The van der Waals surface area contributed by atoms with Crippen LogP contribution in [-0.2, 0) is 16.1 Å². The van der Waals surface area contributed by atoms with E-state index in [9.17, 15) is 14.0 Å². The number of likely N-dealkylation sites (N-methyl/N-ethyl adjacent to an activating group) is 1. The SMILES string of the molecule is CC(=O)N(c1ccccc1)c1nc(CN(C)CC(=O)Nc2cccc(F)c2)cs1. The van der Waals surface area contributed by atoms with Gasteiger partial charge in [-0.15, -0.1) is 11.3 Å². The predicted octanol–water partition coefficient (Wildman–Crippen LogP) is 4.04. The number of hydrogen-bond acceptors (Lipinski definition) is 5. The van der Waals surface area contributed by atoms with Gasteiger partial charge in [-0.2, -0.15) is 0 Å². The van der Waals surface area contributed by atoms with Gasteiger partial charge in [0.15, 0.2) is 5.13 Å². The predicted molar refractivity (Wildman–Crippen MR) is 113 cm³/mol. The molecule has 0 aliphatic carbocycles. The molecule has 0 aliphatic rings. The zero-order chi connectivity index (χ0) is 20.8. The second-order valence-corrected chi connectivity index (χ2v) is 7.38. The lowest BCUT2D eigenvalue weighted by molar-refractivity contribution is -0.117. The normalized spacial score (nSPS) is 10.8. The van der Waals surface area contributed by atoms with Crippen molar-refractivity contribution in [1.29, 1.82) is 0 Å². The van der Waals surface area contributed by atoms with E-state index in [0.29, 0.717) is 17.4 Å². The average Bonchev–Trinajstić information content (AvgIpc) is 3.09. The van der Waals surface area contributed by atoms with E-state index in [0.717, 1.165) is 11.4 Å². The van der Waals surface area contributed by atoms with E-state index in [-0.39, 0.29) is 18.4 Å². The van der Waals surface area contributed by atoms with Crippen LogP contribution in [0.25, 0.3) is 0 Å². The standard InChI is InChI=1S/C21H21FN4O2S/c1-15(27)26(19-9-4-3-5-10-19)21-24-18(14-29-21)12-25(2)13-20(28)23-17-8-6-7-16(22)11-17/h3-11,14H,12-13H2,1-2H3,(H,23,28). The summed E-state index contributed by atoms with van der Waals surface area (Å²) in [6, 6.07) is 15.1. The minimum absolute atomic E-state index is 0.123. The summed E-state index contributed by atoms with van der Waals surface area (Å²) < 4.78 is 13.2. The van der Waals surface area contributed by atoms with E-state index < -0.39 is 5.82 Å². The zero-order valence-electron chi connectivity index (χ0n) is 16.1. The van der Waals surface area contributed by atoms with Crippen molar-refractivity contribution in [3.8, 4) is 0 Å². The molecule has 0 atom stereocenters. The first kappa shape index (κ1) is 20.6. The molecule has 0 aliphatic heterocycles. The van der Waals surface area contributed by atoms with Gasteiger partial charge in [0.25, 0.3) is 0 Å². The third-order valence-corrected chi connectivity index (χ3v) is 4.89. The molecule has 0 saturated carbocycles. The van der Waals surface area contributed by atoms with Crippen LogP contribution in [0.1, 0.15) is 12.6 Å². The maximum absolute atomic E-state index is 13.2. The number of thiazole rings is 1. The molecule has 2 aromatic carbocycles. The molecule has 3 rings (SSSR count). The Kier molecular flexibility index (Phi) is 6.69. The molecule has 1 N–H and O–H groups in total. The number of carbonyl (C=O) groups excluding carboxylic acids is 2. The first-order valence-electron chi connectivity index (χ1n) is 8.96. The lowest BCUT2D eigenvalue weighted by atomic mass is 10.3. The van der Waals surface area contributed by atoms with Gasteiger partial charge in [0.2, 0.25) is 11.8 Å². The third kappa shape index (κ3) is 5.69. The summed E-state index contributed by atoms with van der Waals surface area (Å²) in [6.45, 7) is 2.06. The number of hydrogen-bond donors (Lipinski definition) is 1. The number of aromatic nitrogens is 1. The van der Waals surface area contributed by atoms with Gasteiger partial charge in [0, 0.05) is 24.5 Å². The van der Waals surface area contributed by atoms with Crippen LogP contribution in [-0.4, -0.2) is 35.3 Å². The van der Waals surface area contributed by atoms with Crippen molar-refractivity contribution in [2.24, 2.45) is 0 Å². The van der Waals surface area contributed by atoms with E-state index in [1.807, 2.05) is 35.7 Å². The van der Waals surface area contributed by atoms with Gasteiger partial charge >= 0.3 is 0 Å². The molecule has 150 valence electrons. The summed E-state index contributed by atoms with van der Waals surface area (Å²) in [5.74, 6) is -0.775. The molecule has 0 fully saturated rings. The van der Waals surface area contributed by atoms with Crippen molar-refractivity contribution >= 4 is 39.7 Å². The Labute approximate surface area is 172 Å². The fourth-order valence-corrected chi connectivity index (χ4v) is 3.70. The Morgan fingerprint density at radius 3 is 2.59 bits per heavy atom.